The van der Waals surface area contributed by atoms with E-state index in [1.54, 1.807) is 19.1 Å². The van der Waals surface area contributed by atoms with E-state index in [0.29, 0.717) is 11.3 Å². The second-order valence-corrected chi connectivity index (χ2v) is 3.76. The van der Waals surface area contributed by atoms with E-state index in [4.69, 9.17) is 0 Å². The first-order valence-electron chi connectivity index (χ1n) is 5.26. The molecule has 0 saturated carbocycles. The van der Waals surface area contributed by atoms with Gasteiger partial charge in [-0.05, 0) is 36.8 Å². The Morgan fingerprint density at radius 1 is 1.22 bits per heavy atom. The van der Waals surface area contributed by atoms with E-state index in [-0.39, 0.29) is 5.69 Å². The van der Waals surface area contributed by atoms with Gasteiger partial charge in [-0.25, -0.2) is 9.37 Å². The van der Waals surface area contributed by atoms with Crippen LogP contribution in [0.25, 0.3) is 0 Å². The Kier molecular flexibility index (Phi) is 3.32. The molecular formula is C13H10F2N2O. The molecule has 0 fully saturated rings. The van der Waals surface area contributed by atoms with Crippen LogP contribution in [0.1, 0.15) is 16.1 Å². The summed E-state index contributed by atoms with van der Waals surface area (Å²) in [5.74, 6) is -1.74. The first kappa shape index (κ1) is 12.2. The van der Waals surface area contributed by atoms with Gasteiger partial charge < -0.3 is 5.32 Å². The van der Waals surface area contributed by atoms with Crippen molar-refractivity contribution in [3.05, 3.63) is 59.4 Å². The predicted molar refractivity (Wildman–Crippen MR) is 63.3 cm³/mol. The second-order valence-electron chi connectivity index (χ2n) is 3.76. The average Bonchev–Trinajstić information content (AvgIpc) is 2.34. The first-order valence-corrected chi connectivity index (χ1v) is 5.26. The van der Waals surface area contributed by atoms with Crippen LogP contribution in [0.15, 0.2) is 36.4 Å². The Morgan fingerprint density at radius 2 is 2.00 bits per heavy atom. The predicted octanol–water partition coefficient (Wildman–Crippen LogP) is 2.92. The summed E-state index contributed by atoms with van der Waals surface area (Å²) in [5.41, 5.74) is 0.724. The average molecular weight is 248 g/mol. The number of aryl methyl sites for hydroxylation is 1. The highest BCUT2D eigenvalue weighted by atomic mass is 19.1. The van der Waals surface area contributed by atoms with Crippen molar-refractivity contribution in [3.8, 4) is 0 Å². The molecule has 0 aliphatic carbocycles. The number of carbonyl (C=O) groups excluding carboxylic acids is 1. The number of benzene rings is 1. The van der Waals surface area contributed by atoms with E-state index in [0.717, 1.165) is 6.07 Å². The monoisotopic (exact) mass is 248 g/mol. The van der Waals surface area contributed by atoms with E-state index in [2.05, 4.69) is 10.3 Å². The zero-order valence-electron chi connectivity index (χ0n) is 9.58. The number of hydrogen-bond acceptors (Lipinski definition) is 2. The number of anilines is 1. The van der Waals surface area contributed by atoms with Crippen LogP contribution < -0.4 is 5.32 Å². The van der Waals surface area contributed by atoms with Gasteiger partial charge in [-0.1, -0.05) is 12.1 Å². The Bertz CT molecular complexity index is 599. The molecular weight excluding hydrogens is 238 g/mol. The number of amides is 1. The summed E-state index contributed by atoms with van der Waals surface area (Å²) in [6.45, 7) is 1.62. The minimum atomic E-state index is -0.738. The van der Waals surface area contributed by atoms with Gasteiger partial charge in [-0.15, -0.1) is 0 Å². The summed E-state index contributed by atoms with van der Waals surface area (Å²) in [6.07, 6.45) is 0. The van der Waals surface area contributed by atoms with Crippen LogP contribution in [0.4, 0.5) is 14.5 Å². The van der Waals surface area contributed by atoms with Crippen molar-refractivity contribution < 1.29 is 13.6 Å². The lowest BCUT2D eigenvalue weighted by atomic mass is 10.2. The Labute approximate surface area is 102 Å². The van der Waals surface area contributed by atoms with Gasteiger partial charge in [0.1, 0.15) is 11.5 Å². The fraction of sp³-hybridized carbons (Fsp3) is 0.0769. The molecule has 2 aromatic rings. The van der Waals surface area contributed by atoms with E-state index >= 15 is 0 Å². The van der Waals surface area contributed by atoms with Gasteiger partial charge in [0.2, 0.25) is 5.95 Å². The molecule has 5 heteroatoms. The molecule has 1 amide bonds. The number of pyridine rings is 1. The molecule has 0 bridgehead atoms. The number of rotatable bonds is 2. The Hall–Kier alpha value is -2.30. The molecule has 0 aliphatic rings. The molecule has 1 aromatic carbocycles. The fourth-order valence-corrected chi connectivity index (χ4v) is 1.40. The standard InChI is InChI=1S/C13H10F2N2O/c1-8-5-6-9(7-10(8)14)16-13(18)11-3-2-4-12(15)17-11/h2-7H,1H3,(H,16,18). The zero-order valence-corrected chi connectivity index (χ0v) is 9.58. The molecule has 0 saturated heterocycles. The van der Waals surface area contributed by atoms with Crippen LogP contribution in [0.3, 0.4) is 0 Å². The van der Waals surface area contributed by atoms with Gasteiger partial charge in [-0.3, -0.25) is 4.79 Å². The summed E-state index contributed by atoms with van der Waals surface area (Å²) < 4.78 is 26.1. The van der Waals surface area contributed by atoms with Crippen LogP contribution in [0.2, 0.25) is 0 Å². The molecule has 0 aliphatic heterocycles. The van der Waals surface area contributed by atoms with Crippen molar-refractivity contribution in [3.63, 3.8) is 0 Å². The lowest BCUT2D eigenvalue weighted by molar-refractivity contribution is 0.102. The topological polar surface area (TPSA) is 42.0 Å². The maximum Gasteiger partial charge on any atom is 0.274 e. The smallest absolute Gasteiger partial charge is 0.274 e. The fourth-order valence-electron chi connectivity index (χ4n) is 1.40. The third-order valence-electron chi connectivity index (χ3n) is 2.38. The number of nitrogens with zero attached hydrogens (tertiary/aromatic N) is 1. The normalized spacial score (nSPS) is 10.2. The lowest BCUT2D eigenvalue weighted by Gasteiger charge is -2.05. The van der Waals surface area contributed by atoms with Crippen LogP contribution in [0.5, 0.6) is 0 Å². The van der Waals surface area contributed by atoms with Gasteiger partial charge >= 0.3 is 0 Å². The van der Waals surface area contributed by atoms with Gasteiger partial charge in [0, 0.05) is 5.69 Å². The molecule has 1 heterocycles. The van der Waals surface area contributed by atoms with Crippen molar-refractivity contribution in [1.29, 1.82) is 0 Å². The second kappa shape index (κ2) is 4.91. The minimum absolute atomic E-state index is 0.0593. The van der Waals surface area contributed by atoms with Crippen molar-refractivity contribution >= 4 is 11.6 Å². The number of carbonyl (C=O) groups is 1. The van der Waals surface area contributed by atoms with Gasteiger partial charge in [0.15, 0.2) is 0 Å². The van der Waals surface area contributed by atoms with E-state index in [9.17, 15) is 13.6 Å². The third kappa shape index (κ3) is 2.68. The summed E-state index contributed by atoms with van der Waals surface area (Å²) in [7, 11) is 0. The van der Waals surface area contributed by atoms with Crippen molar-refractivity contribution in [2.24, 2.45) is 0 Å². The molecule has 1 N–H and O–H groups in total. The van der Waals surface area contributed by atoms with E-state index < -0.39 is 17.7 Å². The van der Waals surface area contributed by atoms with Crippen molar-refractivity contribution in [2.75, 3.05) is 5.32 Å². The molecule has 92 valence electrons. The Morgan fingerprint density at radius 3 is 2.67 bits per heavy atom. The summed E-state index contributed by atoms with van der Waals surface area (Å²) in [4.78, 5) is 15.1. The van der Waals surface area contributed by atoms with Crippen LogP contribution in [0, 0.1) is 18.7 Å². The quantitative estimate of drug-likeness (QED) is 0.830. The van der Waals surface area contributed by atoms with Crippen LogP contribution in [-0.4, -0.2) is 10.9 Å². The van der Waals surface area contributed by atoms with Gasteiger partial charge in [0.25, 0.3) is 5.91 Å². The number of aromatic nitrogens is 1. The minimum Gasteiger partial charge on any atom is -0.321 e. The Balaban J connectivity index is 2.18. The van der Waals surface area contributed by atoms with E-state index in [1.807, 2.05) is 0 Å². The highest BCUT2D eigenvalue weighted by Crippen LogP contribution is 2.14. The zero-order chi connectivity index (χ0) is 13.1. The van der Waals surface area contributed by atoms with Crippen molar-refractivity contribution in [2.45, 2.75) is 6.92 Å². The molecule has 0 spiro atoms. The maximum atomic E-state index is 13.3. The van der Waals surface area contributed by atoms with Gasteiger partial charge in [0.05, 0.1) is 0 Å². The number of hydrogen-bond donors (Lipinski definition) is 1. The summed E-state index contributed by atoms with van der Waals surface area (Å²) >= 11 is 0. The highest BCUT2D eigenvalue weighted by Gasteiger charge is 2.09. The molecule has 3 nitrogen and oxygen atoms in total. The molecule has 0 radical (unpaired) electrons. The van der Waals surface area contributed by atoms with Crippen LogP contribution in [-0.2, 0) is 0 Å². The molecule has 0 atom stereocenters. The molecule has 18 heavy (non-hydrogen) atoms. The summed E-state index contributed by atoms with van der Waals surface area (Å²) in [6, 6.07) is 8.21. The molecule has 2 rings (SSSR count). The molecule has 0 unspecified atom stereocenters. The number of nitrogens with one attached hydrogen (secondary N) is 1. The third-order valence-corrected chi connectivity index (χ3v) is 2.38. The SMILES string of the molecule is Cc1ccc(NC(=O)c2cccc(F)n2)cc1F. The first-order chi connectivity index (χ1) is 8.56. The van der Waals surface area contributed by atoms with E-state index in [1.165, 1.54) is 18.2 Å². The summed E-state index contributed by atoms with van der Waals surface area (Å²) in [5, 5.41) is 2.45. The van der Waals surface area contributed by atoms with Gasteiger partial charge in [-0.2, -0.15) is 4.39 Å². The largest absolute Gasteiger partial charge is 0.321 e. The highest BCUT2D eigenvalue weighted by molar-refractivity contribution is 6.02. The maximum absolute atomic E-state index is 13.3. The number of halogens is 2. The van der Waals surface area contributed by atoms with Crippen molar-refractivity contribution in [1.82, 2.24) is 4.98 Å². The van der Waals surface area contributed by atoms with Crippen LogP contribution >= 0.6 is 0 Å². The lowest BCUT2D eigenvalue weighted by Crippen LogP contribution is -2.14. The molecule has 1 aromatic heterocycles.